The van der Waals surface area contributed by atoms with Crippen molar-refractivity contribution in [3.63, 3.8) is 0 Å². The topological polar surface area (TPSA) is 32.3 Å². The summed E-state index contributed by atoms with van der Waals surface area (Å²) in [6.07, 6.45) is 1.90. The Labute approximate surface area is 135 Å². The number of nitrogens with one attached hydrogen (secondary N) is 1. The minimum absolute atomic E-state index is 0.0337. The third kappa shape index (κ3) is 6.14. The quantitative estimate of drug-likeness (QED) is 0.765. The lowest BCUT2D eigenvalue weighted by Crippen LogP contribution is -2.34. The summed E-state index contributed by atoms with van der Waals surface area (Å²) in [7, 11) is 0. The van der Waals surface area contributed by atoms with E-state index in [9.17, 15) is 9.18 Å². The standard InChI is InChI=1S/C16H24BrFN2O/c1-4-20(5-2)10-6-7-12(3)19-16(21)14-11-13(17)8-9-15(14)18/h8-9,11-12H,4-7,10H2,1-3H3,(H,19,21). The molecule has 0 aromatic heterocycles. The van der Waals surface area contributed by atoms with Crippen molar-refractivity contribution >= 4 is 21.8 Å². The average Bonchev–Trinajstić information content (AvgIpc) is 2.46. The highest BCUT2D eigenvalue weighted by Crippen LogP contribution is 2.15. The van der Waals surface area contributed by atoms with Gasteiger partial charge in [0.05, 0.1) is 5.56 Å². The second kappa shape index (κ2) is 9.15. The molecule has 1 atom stereocenters. The van der Waals surface area contributed by atoms with Crippen LogP contribution in [0.2, 0.25) is 0 Å². The number of benzene rings is 1. The summed E-state index contributed by atoms with van der Waals surface area (Å²) < 4.78 is 14.3. The molecule has 0 fully saturated rings. The normalized spacial score (nSPS) is 12.5. The molecule has 0 spiro atoms. The van der Waals surface area contributed by atoms with Gasteiger partial charge in [0.1, 0.15) is 5.82 Å². The summed E-state index contributed by atoms with van der Waals surface area (Å²) in [6.45, 7) is 9.35. The van der Waals surface area contributed by atoms with E-state index in [0.29, 0.717) is 4.47 Å². The minimum atomic E-state index is -0.494. The summed E-state index contributed by atoms with van der Waals surface area (Å²) in [5, 5.41) is 2.86. The lowest BCUT2D eigenvalue weighted by atomic mass is 10.1. The molecule has 1 amide bonds. The van der Waals surface area contributed by atoms with Gasteiger partial charge < -0.3 is 10.2 Å². The number of hydrogen-bond donors (Lipinski definition) is 1. The SMILES string of the molecule is CCN(CC)CCCC(C)NC(=O)c1cc(Br)ccc1F. The Kier molecular flexibility index (Phi) is 7.89. The number of nitrogens with zero attached hydrogens (tertiary/aromatic N) is 1. The van der Waals surface area contributed by atoms with Gasteiger partial charge in [0.25, 0.3) is 5.91 Å². The molecule has 118 valence electrons. The number of carbonyl (C=O) groups excluding carboxylic acids is 1. The van der Waals surface area contributed by atoms with Crippen molar-refractivity contribution in [1.29, 1.82) is 0 Å². The maximum absolute atomic E-state index is 13.6. The van der Waals surface area contributed by atoms with Gasteiger partial charge in [0.15, 0.2) is 0 Å². The first-order valence-electron chi connectivity index (χ1n) is 7.46. The first-order chi connectivity index (χ1) is 9.97. The van der Waals surface area contributed by atoms with Crippen LogP contribution in [0, 0.1) is 5.82 Å². The second-order valence-corrected chi connectivity index (χ2v) is 6.08. The molecule has 0 radical (unpaired) electrons. The highest BCUT2D eigenvalue weighted by Gasteiger charge is 2.14. The molecule has 5 heteroatoms. The number of carbonyl (C=O) groups is 1. The summed E-state index contributed by atoms with van der Waals surface area (Å²) in [6, 6.07) is 4.42. The Morgan fingerprint density at radius 3 is 2.67 bits per heavy atom. The van der Waals surface area contributed by atoms with Crippen LogP contribution >= 0.6 is 15.9 Å². The number of rotatable bonds is 8. The van der Waals surface area contributed by atoms with Crippen LogP contribution < -0.4 is 5.32 Å². The first-order valence-corrected chi connectivity index (χ1v) is 8.25. The number of amides is 1. The van der Waals surface area contributed by atoms with E-state index in [1.54, 1.807) is 6.07 Å². The number of hydrogen-bond acceptors (Lipinski definition) is 2. The second-order valence-electron chi connectivity index (χ2n) is 5.17. The van der Waals surface area contributed by atoms with Gasteiger partial charge in [-0.25, -0.2) is 4.39 Å². The van der Waals surface area contributed by atoms with E-state index in [-0.39, 0.29) is 17.5 Å². The Balaban J connectivity index is 2.45. The summed E-state index contributed by atoms with van der Waals surface area (Å²) in [5.74, 6) is -0.852. The highest BCUT2D eigenvalue weighted by molar-refractivity contribution is 9.10. The van der Waals surface area contributed by atoms with Crippen LogP contribution in [0.3, 0.4) is 0 Å². The Bertz CT molecular complexity index is 464. The van der Waals surface area contributed by atoms with E-state index in [4.69, 9.17) is 0 Å². The fraction of sp³-hybridized carbons (Fsp3) is 0.562. The van der Waals surface area contributed by atoms with E-state index >= 15 is 0 Å². The third-order valence-corrected chi connectivity index (χ3v) is 4.05. The van der Waals surface area contributed by atoms with Crippen molar-refractivity contribution in [2.45, 2.75) is 39.7 Å². The molecule has 1 N–H and O–H groups in total. The van der Waals surface area contributed by atoms with E-state index in [1.807, 2.05) is 6.92 Å². The van der Waals surface area contributed by atoms with Gasteiger partial charge in [-0.3, -0.25) is 4.79 Å². The van der Waals surface area contributed by atoms with Crippen LogP contribution in [-0.4, -0.2) is 36.5 Å². The van der Waals surface area contributed by atoms with Crippen LogP contribution in [0.15, 0.2) is 22.7 Å². The van der Waals surface area contributed by atoms with Crippen molar-refractivity contribution in [3.8, 4) is 0 Å². The first kappa shape index (κ1) is 18.1. The maximum atomic E-state index is 13.6. The molecule has 0 aliphatic heterocycles. The highest BCUT2D eigenvalue weighted by atomic mass is 79.9. The van der Waals surface area contributed by atoms with Crippen LogP contribution in [0.25, 0.3) is 0 Å². The molecule has 21 heavy (non-hydrogen) atoms. The molecule has 0 aliphatic rings. The van der Waals surface area contributed by atoms with Gasteiger partial charge >= 0.3 is 0 Å². The monoisotopic (exact) mass is 358 g/mol. The van der Waals surface area contributed by atoms with E-state index < -0.39 is 5.82 Å². The largest absolute Gasteiger partial charge is 0.349 e. The molecule has 1 rings (SSSR count). The number of halogens is 2. The predicted molar refractivity (Wildman–Crippen MR) is 88.1 cm³/mol. The molecule has 0 saturated heterocycles. The van der Waals surface area contributed by atoms with Gasteiger partial charge in [0.2, 0.25) is 0 Å². The lowest BCUT2D eigenvalue weighted by molar-refractivity contribution is 0.0933. The molecule has 0 heterocycles. The lowest BCUT2D eigenvalue weighted by Gasteiger charge is -2.19. The minimum Gasteiger partial charge on any atom is -0.349 e. The Morgan fingerprint density at radius 1 is 1.38 bits per heavy atom. The zero-order valence-electron chi connectivity index (χ0n) is 13.0. The Morgan fingerprint density at radius 2 is 2.05 bits per heavy atom. The van der Waals surface area contributed by atoms with Gasteiger partial charge in [-0.15, -0.1) is 0 Å². The zero-order chi connectivity index (χ0) is 15.8. The molecular weight excluding hydrogens is 335 g/mol. The van der Waals surface area contributed by atoms with Crippen molar-refractivity contribution in [3.05, 3.63) is 34.1 Å². The van der Waals surface area contributed by atoms with Gasteiger partial charge in [-0.05, 0) is 57.6 Å². The summed E-state index contributed by atoms with van der Waals surface area (Å²) in [5.41, 5.74) is 0.0833. The van der Waals surface area contributed by atoms with E-state index in [0.717, 1.165) is 32.5 Å². The van der Waals surface area contributed by atoms with Gasteiger partial charge in [0, 0.05) is 10.5 Å². The smallest absolute Gasteiger partial charge is 0.254 e. The Hall–Kier alpha value is -0.940. The van der Waals surface area contributed by atoms with Crippen molar-refractivity contribution < 1.29 is 9.18 Å². The molecule has 0 aliphatic carbocycles. The van der Waals surface area contributed by atoms with Crippen LogP contribution in [0.5, 0.6) is 0 Å². The molecule has 0 bridgehead atoms. The van der Waals surface area contributed by atoms with Crippen molar-refractivity contribution in [2.24, 2.45) is 0 Å². The predicted octanol–water partition coefficient (Wildman–Crippen LogP) is 3.83. The molecular formula is C16H24BrFN2O. The molecule has 3 nitrogen and oxygen atoms in total. The summed E-state index contributed by atoms with van der Waals surface area (Å²) in [4.78, 5) is 14.4. The molecule has 0 saturated carbocycles. The maximum Gasteiger partial charge on any atom is 0.254 e. The van der Waals surface area contributed by atoms with Crippen LogP contribution in [0.1, 0.15) is 44.0 Å². The fourth-order valence-electron chi connectivity index (χ4n) is 2.21. The van der Waals surface area contributed by atoms with Crippen LogP contribution in [0.4, 0.5) is 4.39 Å². The molecule has 1 aromatic carbocycles. The van der Waals surface area contributed by atoms with Crippen molar-refractivity contribution in [1.82, 2.24) is 10.2 Å². The molecule has 1 unspecified atom stereocenters. The summed E-state index contributed by atoms with van der Waals surface area (Å²) >= 11 is 3.25. The third-order valence-electron chi connectivity index (χ3n) is 3.56. The zero-order valence-corrected chi connectivity index (χ0v) is 14.5. The fourth-order valence-corrected chi connectivity index (χ4v) is 2.57. The van der Waals surface area contributed by atoms with E-state index in [1.165, 1.54) is 12.1 Å². The van der Waals surface area contributed by atoms with E-state index in [2.05, 4.69) is 40.0 Å². The van der Waals surface area contributed by atoms with Gasteiger partial charge in [-0.1, -0.05) is 29.8 Å². The average molecular weight is 359 g/mol. The van der Waals surface area contributed by atoms with Crippen LogP contribution in [-0.2, 0) is 0 Å². The molecule has 1 aromatic rings. The van der Waals surface area contributed by atoms with Gasteiger partial charge in [-0.2, -0.15) is 0 Å². The van der Waals surface area contributed by atoms with Crippen molar-refractivity contribution in [2.75, 3.05) is 19.6 Å².